The number of H-pyrrole nitrogens is 1. The number of anilines is 1. The first kappa shape index (κ1) is 20.6. The van der Waals surface area contributed by atoms with Crippen LogP contribution in [0.25, 0.3) is 0 Å². The molecular formula is C23H28N4O2S. The monoisotopic (exact) mass is 424 g/mol. The molecule has 3 aromatic rings. The van der Waals surface area contributed by atoms with Gasteiger partial charge in [-0.3, -0.25) is 0 Å². The fraction of sp³-hybridized carbons (Fsp3) is 0.348. The van der Waals surface area contributed by atoms with E-state index in [2.05, 4.69) is 27.9 Å². The minimum Gasteiger partial charge on any atom is -0.361 e. The Morgan fingerprint density at radius 2 is 2.00 bits per heavy atom. The van der Waals surface area contributed by atoms with Crippen molar-refractivity contribution in [1.29, 1.82) is 0 Å². The van der Waals surface area contributed by atoms with Crippen LogP contribution in [-0.2, 0) is 23.1 Å². The van der Waals surface area contributed by atoms with Crippen LogP contribution >= 0.6 is 0 Å². The highest BCUT2D eigenvalue weighted by molar-refractivity contribution is 7.89. The molecule has 158 valence electrons. The normalized spacial score (nSPS) is 17.5. The lowest BCUT2D eigenvalue weighted by molar-refractivity contribution is 0.369. The van der Waals surface area contributed by atoms with Gasteiger partial charge in [0.1, 0.15) is 0 Å². The smallest absolute Gasteiger partial charge is 0.243 e. The predicted molar refractivity (Wildman–Crippen MR) is 119 cm³/mol. The summed E-state index contributed by atoms with van der Waals surface area (Å²) < 4.78 is 28.8. The molecule has 0 fully saturated rings. The van der Waals surface area contributed by atoms with E-state index in [1.165, 1.54) is 0 Å². The second-order valence-electron chi connectivity index (χ2n) is 7.89. The lowest BCUT2D eigenvalue weighted by atomic mass is 10.1. The third-order valence-corrected chi connectivity index (χ3v) is 7.46. The Kier molecular flexibility index (Phi) is 5.92. The number of sulfonamides is 1. The van der Waals surface area contributed by atoms with Gasteiger partial charge in [0.15, 0.2) is 0 Å². The third-order valence-electron chi connectivity index (χ3n) is 5.65. The van der Waals surface area contributed by atoms with E-state index in [1.54, 1.807) is 22.8 Å². The second-order valence-corrected chi connectivity index (χ2v) is 9.83. The number of imidazole rings is 1. The highest BCUT2D eigenvalue weighted by Crippen LogP contribution is 2.33. The number of aryl methyl sites for hydroxylation is 1. The van der Waals surface area contributed by atoms with Crippen molar-refractivity contribution in [2.24, 2.45) is 0 Å². The van der Waals surface area contributed by atoms with Crippen LogP contribution in [0, 0.1) is 6.92 Å². The fourth-order valence-corrected chi connectivity index (χ4v) is 5.73. The summed E-state index contributed by atoms with van der Waals surface area (Å²) in [6, 6.07) is 15.4. The molecule has 0 spiro atoms. The van der Waals surface area contributed by atoms with Gasteiger partial charge in [-0.15, -0.1) is 0 Å². The predicted octanol–water partition coefficient (Wildman–Crippen LogP) is 4.10. The summed E-state index contributed by atoms with van der Waals surface area (Å²) in [5.41, 5.74) is 4.07. The zero-order valence-corrected chi connectivity index (χ0v) is 18.3. The molecule has 0 saturated carbocycles. The van der Waals surface area contributed by atoms with Gasteiger partial charge in [-0.1, -0.05) is 43.7 Å². The maximum atomic E-state index is 13.6. The average molecular weight is 425 g/mol. The van der Waals surface area contributed by atoms with Crippen LogP contribution in [0.5, 0.6) is 0 Å². The maximum absolute atomic E-state index is 13.6. The Balaban J connectivity index is 1.76. The number of hydrogen-bond acceptors (Lipinski definition) is 4. The minimum atomic E-state index is -3.60. The lowest BCUT2D eigenvalue weighted by Gasteiger charge is -2.33. The van der Waals surface area contributed by atoms with Crippen LogP contribution in [0.3, 0.4) is 0 Å². The number of fused-ring (bicyclic) bond motifs is 1. The summed E-state index contributed by atoms with van der Waals surface area (Å²) in [5, 5.41) is 0. The first-order valence-corrected chi connectivity index (χ1v) is 11.8. The van der Waals surface area contributed by atoms with Crippen molar-refractivity contribution >= 4 is 15.7 Å². The van der Waals surface area contributed by atoms with Crippen molar-refractivity contribution in [2.75, 3.05) is 11.4 Å². The summed E-state index contributed by atoms with van der Waals surface area (Å²) in [4.78, 5) is 10.0. The van der Waals surface area contributed by atoms with Crippen molar-refractivity contribution in [3.63, 3.8) is 0 Å². The number of aromatic amines is 1. The summed E-state index contributed by atoms with van der Waals surface area (Å²) in [5.74, 6) is 0. The second kappa shape index (κ2) is 8.62. The van der Waals surface area contributed by atoms with E-state index in [1.807, 2.05) is 43.5 Å². The van der Waals surface area contributed by atoms with E-state index in [4.69, 9.17) is 0 Å². The van der Waals surface area contributed by atoms with E-state index in [0.29, 0.717) is 24.5 Å². The highest BCUT2D eigenvalue weighted by Gasteiger charge is 2.34. The fourth-order valence-electron chi connectivity index (χ4n) is 4.17. The first-order chi connectivity index (χ1) is 14.5. The molecule has 1 aliphatic rings. The first-order valence-electron chi connectivity index (χ1n) is 10.4. The minimum absolute atomic E-state index is 0.0709. The molecule has 7 heteroatoms. The Hall–Kier alpha value is -2.64. The Morgan fingerprint density at radius 1 is 1.17 bits per heavy atom. The summed E-state index contributed by atoms with van der Waals surface area (Å²) in [6.45, 7) is 5.55. The highest BCUT2D eigenvalue weighted by atomic mass is 32.2. The van der Waals surface area contributed by atoms with Crippen molar-refractivity contribution in [2.45, 2.75) is 50.7 Å². The molecule has 0 aliphatic carbocycles. The van der Waals surface area contributed by atoms with Gasteiger partial charge in [0, 0.05) is 31.0 Å². The quantitative estimate of drug-likeness (QED) is 0.647. The third kappa shape index (κ3) is 4.13. The van der Waals surface area contributed by atoms with Crippen LogP contribution in [0.15, 0.2) is 66.0 Å². The van der Waals surface area contributed by atoms with Crippen molar-refractivity contribution in [3.8, 4) is 0 Å². The molecule has 1 aromatic heterocycles. The molecule has 2 heterocycles. The largest absolute Gasteiger partial charge is 0.361 e. The van der Waals surface area contributed by atoms with Gasteiger partial charge in [0.25, 0.3) is 0 Å². The van der Waals surface area contributed by atoms with Gasteiger partial charge >= 0.3 is 0 Å². The topological polar surface area (TPSA) is 69.3 Å². The van der Waals surface area contributed by atoms with E-state index in [0.717, 1.165) is 35.3 Å². The molecule has 0 radical (unpaired) electrons. The van der Waals surface area contributed by atoms with Gasteiger partial charge < -0.3 is 9.88 Å². The maximum Gasteiger partial charge on any atom is 0.243 e. The molecule has 0 amide bonds. The van der Waals surface area contributed by atoms with Crippen molar-refractivity contribution in [1.82, 2.24) is 14.3 Å². The molecule has 6 nitrogen and oxygen atoms in total. The van der Waals surface area contributed by atoms with Crippen LogP contribution < -0.4 is 4.90 Å². The van der Waals surface area contributed by atoms with Gasteiger partial charge in [-0.2, -0.15) is 4.31 Å². The van der Waals surface area contributed by atoms with E-state index < -0.39 is 10.0 Å². The van der Waals surface area contributed by atoms with Crippen LogP contribution in [-0.4, -0.2) is 35.3 Å². The molecule has 1 atom stereocenters. The van der Waals surface area contributed by atoms with Gasteiger partial charge in [-0.25, -0.2) is 13.4 Å². The van der Waals surface area contributed by atoms with Gasteiger partial charge in [-0.05, 0) is 42.7 Å². The number of nitrogens with zero attached hydrogens (tertiary/aromatic N) is 3. The summed E-state index contributed by atoms with van der Waals surface area (Å²) in [6.07, 6.45) is 5.40. The van der Waals surface area contributed by atoms with Gasteiger partial charge in [0.05, 0.1) is 23.5 Å². The van der Waals surface area contributed by atoms with E-state index >= 15 is 0 Å². The molecule has 0 saturated heterocycles. The molecule has 2 aromatic carbocycles. The zero-order chi connectivity index (χ0) is 21.1. The van der Waals surface area contributed by atoms with Crippen LogP contribution in [0.1, 0.15) is 36.6 Å². The van der Waals surface area contributed by atoms with Crippen molar-refractivity contribution < 1.29 is 8.42 Å². The molecule has 0 bridgehead atoms. The van der Waals surface area contributed by atoms with E-state index in [-0.39, 0.29) is 6.04 Å². The molecule has 1 unspecified atom stereocenters. The Bertz CT molecular complexity index is 1100. The standard InChI is InChI=1S/C23H28N4O2S/c1-3-7-21-16-26(30(28,29)22-10-6-8-18(2)12-22)14-19-9-4-5-11-23(19)27(21)15-20-13-24-17-25-20/h4-6,8-13,17,21H,3,7,14-16H2,1-2H3,(H,24,25). The number of para-hydroxylation sites is 1. The van der Waals surface area contributed by atoms with Gasteiger partial charge in [0.2, 0.25) is 10.0 Å². The SMILES string of the molecule is CCCC1CN(S(=O)(=O)c2cccc(C)c2)Cc2ccccc2N1Cc1cnc[nH]1. The summed E-state index contributed by atoms with van der Waals surface area (Å²) in [7, 11) is -3.60. The molecule has 4 rings (SSSR count). The molecule has 1 aliphatic heterocycles. The number of benzene rings is 2. The lowest BCUT2D eigenvalue weighted by Crippen LogP contribution is -2.43. The molecule has 1 N–H and O–H groups in total. The zero-order valence-electron chi connectivity index (χ0n) is 17.5. The molecular weight excluding hydrogens is 396 g/mol. The number of rotatable bonds is 6. The number of hydrogen-bond donors (Lipinski definition) is 1. The van der Waals surface area contributed by atoms with Crippen LogP contribution in [0.2, 0.25) is 0 Å². The van der Waals surface area contributed by atoms with Crippen molar-refractivity contribution in [3.05, 3.63) is 77.9 Å². The number of nitrogens with one attached hydrogen (secondary N) is 1. The average Bonchev–Trinajstić information content (AvgIpc) is 3.19. The molecule has 30 heavy (non-hydrogen) atoms. The van der Waals surface area contributed by atoms with Crippen LogP contribution in [0.4, 0.5) is 5.69 Å². The van der Waals surface area contributed by atoms with E-state index in [9.17, 15) is 8.42 Å². The Labute approximate surface area is 178 Å². The number of aromatic nitrogens is 2. The summed E-state index contributed by atoms with van der Waals surface area (Å²) >= 11 is 0. The Morgan fingerprint density at radius 3 is 2.73 bits per heavy atom.